The molecule has 0 aliphatic rings. The largest absolute Gasteiger partial charge is 0.456 e. The van der Waals surface area contributed by atoms with Crippen molar-refractivity contribution in [1.29, 1.82) is 0 Å². The third-order valence-electron chi connectivity index (χ3n) is 10.3. The van der Waals surface area contributed by atoms with Crippen LogP contribution in [0, 0.1) is 0 Å². The van der Waals surface area contributed by atoms with Crippen molar-refractivity contribution in [2.75, 3.05) is 4.90 Å². The quantitative estimate of drug-likeness (QED) is 0.183. The normalized spacial score (nSPS) is 11.8. The molecule has 244 valence electrons. The van der Waals surface area contributed by atoms with Crippen LogP contribution in [0.3, 0.4) is 0 Å². The monoisotopic (exact) mass is 667 g/mol. The van der Waals surface area contributed by atoms with Gasteiger partial charge in [-0.3, -0.25) is 0 Å². The number of furan rings is 3. The zero-order chi connectivity index (χ0) is 34.2. The Hall–Kier alpha value is -7.04. The first-order valence-corrected chi connectivity index (χ1v) is 17.5. The third-order valence-corrected chi connectivity index (χ3v) is 10.3. The average molecular weight is 668 g/mol. The van der Waals surface area contributed by atoms with Crippen LogP contribution >= 0.6 is 0 Å². The van der Waals surface area contributed by atoms with Crippen LogP contribution in [-0.2, 0) is 0 Å². The Morgan fingerprint density at radius 2 is 0.885 bits per heavy atom. The van der Waals surface area contributed by atoms with Crippen LogP contribution in [0.25, 0.3) is 88.1 Å². The van der Waals surface area contributed by atoms with Gasteiger partial charge in [0.05, 0.1) is 0 Å². The van der Waals surface area contributed by atoms with Gasteiger partial charge in [0.1, 0.15) is 33.5 Å². The second-order valence-corrected chi connectivity index (χ2v) is 13.3. The fraction of sp³-hybridized carbons (Fsp3) is 0. The molecule has 11 aromatic rings. The van der Waals surface area contributed by atoms with Crippen LogP contribution in [0.1, 0.15) is 0 Å². The molecule has 0 radical (unpaired) electrons. The van der Waals surface area contributed by atoms with Crippen molar-refractivity contribution in [2.45, 2.75) is 0 Å². The number of nitrogens with zero attached hydrogens (tertiary/aromatic N) is 1. The molecule has 0 aliphatic heterocycles. The highest BCUT2D eigenvalue weighted by Gasteiger charge is 2.19. The maximum Gasteiger partial charge on any atom is 0.143 e. The van der Waals surface area contributed by atoms with E-state index in [9.17, 15) is 0 Å². The predicted octanol–water partition coefficient (Wildman–Crippen LogP) is 14.2. The Kier molecular flexibility index (Phi) is 6.22. The maximum atomic E-state index is 6.63. The fourth-order valence-electron chi connectivity index (χ4n) is 7.88. The van der Waals surface area contributed by atoms with Crippen LogP contribution in [0.15, 0.2) is 189 Å². The van der Waals surface area contributed by atoms with Gasteiger partial charge in [-0.25, -0.2) is 0 Å². The van der Waals surface area contributed by atoms with E-state index in [0.29, 0.717) is 0 Å². The van der Waals surface area contributed by atoms with Crippen molar-refractivity contribution < 1.29 is 13.3 Å². The van der Waals surface area contributed by atoms with Crippen molar-refractivity contribution in [3.8, 4) is 22.3 Å². The molecule has 52 heavy (non-hydrogen) atoms. The molecule has 0 saturated carbocycles. The van der Waals surface area contributed by atoms with E-state index in [-0.39, 0.29) is 0 Å². The lowest BCUT2D eigenvalue weighted by Crippen LogP contribution is -2.09. The van der Waals surface area contributed by atoms with Crippen LogP contribution in [-0.4, -0.2) is 0 Å². The summed E-state index contributed by atoms with van der Waals surface area (Å²) in [5, 5.41) is 6.56. The number of hydrogen-bond acceptors (Lipinski definition) is 4. The lowest BCUT2D eigenvalue weighted by Gasteiger charge is -2.25. The summed E-state index contributed by atoms with van der Waals surface area (Å²) in [5.74, 6) is 0. The van der Waals surface area contributed by atoms with Crippen LogP contribution < -0.4 is 4.90 Å². The summed E-state index contributed by atoms with van der Waals surface area (Å²) in [6.07, 6.45) is 0. The first-order chi connectivity index (χ1) is 25.8. The summed E-state index contributed by atoms with van der Waals surface area (Å²) < 4.78 is 19.4. The molecular weight excluding hydrogens is 639 g/mol. The molecule has 0 fully saturated rings. The first kappa shape index (κ1) is 28.8. The zero-order valence-electron chi connectivity index (χ0n) is 27.9. The third kappa shape index (κ3) is 4.41. The van der Waals surface area contributed by atoms with E-state index in [4.69, 9.17) is 13.3 Å². The van der Waals surface area contributed by atoms with E-state index in [1.807, 2.05) is 30.3 Å². The summed E-state index contributed by atoms with van der Waals surface area (Å²) in [7, 11) is 0. The van der Waals surface area contributed by atoms with Gasteiger partial charge in [0.2, 0.25) is 0 Å². The number of hydrogen-bond donors (Lipinski definition) is 0. The summed E-state index contributed by atoms with van der Waals surface area (Å²) in [6.45, 7) is 0. The molecule has 11 rings (SSSR count). The molecule has 0 bridgehead atoms. The van der Waals surface area contributed by atoms with Gasteiger partial charge in [-0.05, 0) is 95.6 Å². The van der Waals surface area contributed by atoms with Gasteiger partial charge >= 0.3 is 0 Å². The zero-order valence-corrected chi connectivity index (χ0v) is 27.9. The van der Waals surface area contributed by atoms with E-state index < -0.39 is 0 Å². The van der Waals surface area contributed by atoms with Gasteiger partial charge in [0.25, 0.3) is 0 Å². The second kappa shape index (κ2) is 11.2. The van der Waals surface area contributed by atoms with Gasteiger partial charge in [0, 0.05) is 54.9 Å². The minimum atomic E-state index is 0.835. The van der Waals surface area contributed by atoms with Crippen molar-refractivity contribution in [3.63, 3.8) is 0 Å². The summed E-state index contributed by atoms with van der Waals surface area (Å²) in [5.41, 5.74) is 12.7. The van der Waals surface area contributed by atoms with E-state index in [1.165, 1.54) is 0 Å². The van der Waals surface area contributed by atoms with Crippen molar-refractivity contribution >= 4 is 82.9 Å². The minimum absolute atomic E-state index is 0.835. The van der Waals surface area contributed by atoms with Gasteiger partial charge in [0.15, 0.2) is 0 Å². The number of fused-ring (bicyclic) bond motifs is 9. The van der Waals surface area contributed by atoms with Crippen molar-refractivity contribution in [2.24, 2.45) is 0 Å². The minimum Gasteiger partial charge on any atom is -0.456 e. The lowest BCUT2D eigenvalue weighted by molar-refractivity contribution is 0.667. The predicted molar refractivity (Wildman–Crippen MR) is 214 cm³/mol. The SMILES string of the molecule is c1ccc(N(c2ccccc2)c2ccc3oc4c(-c5ccc6c(c5)oc5cccc(-c7ccc8c(c7)oc7ccccc78)c56)cccc4c3c2)cc1. The van der Waals surface area contributed by atoms with Crippen molar-refractivity contribution in [3.05, 3.63) is 176 Å². The molecule has 0 amide bonds. The second-order valence-electron chi connectivity index (χ2n) is 13.3. The van der Waals surface area contributed by atoms with E-state index in [2.05, 4.69) is 150 Å². The molecule has 0 saturated heterocycles. The van der Waals surface area contributed by atoms with Crippen LogP contribution in [0.4, 0.5) is 17.1 Å². The standard InChI is InChI=1S/C48H29NO3/c1-3-11-32(12-4-1)49(33-13-5-2-6-14-33)34-23-26-43-41(29-34)39-18-9-17-36(48(39)52-43)31-22-25-40-46(28-31)51-44-20-10-16-35(47(40)44)30-21-24-38-37-15-7-8-19-42(37)50-45(38)27-30/h1-29H. The maximum absolute atomic E-state index is 6.63. The summed E-state index contributed by atoms with van der Waals surface area (Å²) in [4.78, 5) is 2.28. The number of anilines is 3. The molecule has 4 nitrogen and oxygen atoms in total. The molecule has 0 atom stereocenters. The summed E-state index contributed by atoms with van der Waals surface area (Å²) >= 11 is 0. The van der Waals surface area contributed by atoms with Crippen LogP contribution in [0.5, 0.6) is 0 Å². The number of benzene rings is 8. The molecule has 4 heteroatoms. The van der Waals surface area contributed by atoms with Gasteiger partial charge < -0.3 is 18.2 Å². The highest BCUT2D eigenvalue weighted by Crippen LogP contribution is 2.43. The molecular formula is C48H29NO3. The smallest absolute Gasteiger partial charge is 0.143 e. The molecule has 0 unspecified atom stereocenters. The molecule has 0 spiro atoms. The van der Waals surface area contributed by atoms with Crippen LogP contribution in [0.2, 0.25) is 0 Å². The van der Waals surface area contributed by atoms with E-state index in [1.54, 1.807) is 0 Å². The Balaban J connectivity index is 1.03. The first-order valence-electron chi connectivity index (χ1n) is 17.5. The van der Waals surface area contributed by atoms with E-state index >= 15 is 0 Å². The molecule has 0 N–H and O–H groups in total. The molecule has 8 aromatic carbocycles. The Labute approximate surface area is 298 Å². The highest BCUT2D eigenvalue weighted by molar-refractivity contribution is 6.15. The van der Waals surface area contributed by atoms with Crippen molar-refractivity contribution in [1.82, 2.24) is 0 Å². The topological polar surface area (TPSA) is 42.7 Å². The molecule has 3 aromatic heterocycles. The number of para-hydroxylation sites is 4. The molecule has 0 aliphatic carbocycles. The fourth-order valence-corrected chi connectivity index (χ4v) is 7.88. The Morgan fingerprint density at radius 3 is 1.69 bits per heavy atom. The molecule has 3 heterocycles. The number of rotatable bonds is 5. The lowest BCUT2D eigenvalue weighted by atomic mass is 9.97. The Morgan fingerprint density at radius 1 is 0.308 bits per heavy atom. The highest BCUT2D eigenvalue weighted by atomic mass is 16.3. The van der Waals surface area contributed by atoms with Gasteiger partial charge in [-0.15, -0.1) is 0 Å². The Bertz CT molecular complexity index is 3090. The average Bonchev–Trinajstić information content (AvgIpc) is 3.89. The van der Waals surface area contributed by atoms with E-state index in [0.717, 1.165) is 105 Å². The summed E-state index contributed by atoms with van der Waals surface area (Å²) in [6, 6.07) is 61.2. The van der Waals surface area contributed by atoms with Gasteiger partial charge in [-0.2, -0.15) is 0 Å². The van der Waals surface area contributed by atoms with Gasteiger partial charge in [-0.1, -0.05) is 97.1 Å².